The number of ether oxygens (including phenoxy) is 1. The number of nitrogens with zero attached hydrogens (tertiary/aromatic N) is 2. The van der Waals surface area contributed by atoms with E-state index in [1.807, 2.05) is 30.3 Å². The second-order valence-corrected chi connectivity index (χ2v) is 8.72. The van der Waals surface area contributed by atoms with Gasteiger partial charge in [0.2, 0.25) is 5.41 Å². The lowest BCUT2D eigenvalue weighted by Gasteiger charge is -2.40. The second-order valence-electron chi connectivity index (χ2n) is 8.72. The molecule has 0 saturated heterocycles. The highest BCUT2D eigenvalue weighted by molar-refractivity contribution is 5.88. The summed E-state index contributed by atoms with van der Waals surface area (Å²) in [6.07, 6.45) is 10.5. The van der Waals surface area contributed by atoms with Crippen LogP contribution in [0.1, 0.15) is 82.6 Å². The lowest BCUT2D eigenvalue weighted by Crippen LogP contribution is -2.46. The zero-order chi connectivity index (χ0) is 23.0. The van der Waals surface area contributed by atoms with Gasteiger partial charge in [-0.1, -0.05) is 74.4 Å². The maximum absolute atomic E-state index is 13.4. The molecule has 5 nitrogen and oxygen atoms in total. The van der Waals surface area contributed by atoms with Crippen molar-refractivity contribution in [1.82, 2.24) is 0 Å². The van der Waals surface area contributed by atoms with Crippen molar-refractivity contribution in [3.63, 3.8) is 0 Å². The van der Waals surface area contributed by atoms with E-state index in [1.165, 1.54) is 25.7 Å². The molecule has 0 heterocycles. The molecule has 3 rings (SSSR count). The predicted octanol–water partition coefficient (Wildman–Crippen LogP) is 5.80. The van der Waals surface area contributed by atoms with Crippen LogP contribution in [0, 0.1) is 28.1 Å². The van der Waals surface area contributed by atoms with Crippen molar-refractivity contribution in [2.24, 2.45) is 11.1 Å². The van der Waals surface area contributed by atoms with Crippen molar-refractivity contribution in [3.05, 3.63) is 58.3 Å². The monoisotopic (exact) mass is 431 g/mol. The average molecular weight is 432 g/mol. The Labute approximate surface area is 191 Å². The molecule has 0 aromatic heterocycles. The maximum Gasteiger partial charge on any atom is 0.333 e. The van der Waals surface area contributed by atoms with Gasteiger partial charge in [0.15, 0.2) is 0 Å². The van der Waals surface area contributed by atoms with Crippen molar-refractivity contribution in [1.29, 1.82) is 10.5 Å². The third kappa shape index (κ3) is 4.44. The molecule has 0 amide bonds. The fourth-order valence-corrected chi connectivity index (χ4v) is 5.24. The van der Waals surface area contributed by atoms with Gasteiger partial charge in [-0.3, -0.25) is 0 Å². The maximum atomic E-state index is 13.4. The predicted molar refractivity (Wildman–Crippen MR) is 124 cm³/mol. The number of nitriles is 2. The van der Waals surface area contributed by atoms with Crippen LogP contribution in [0.4, 0.5) is 0 Å². The summed E-state index contributed by atoms with van der Waals surface area (Å²) < 4.78 is 5.40. The molecule has 2 atom stereocenters. The third-order valence-corrected chi connectivity index (χ3v) is 6.81. The van der Waals surface area contributed by atoms with Crippen molar-refractivity contribution in [3.8, 4) is 12.1 Å². The summed E-state index contributed by atoms with van der Waals surface area (Å²) in [7, 11) is 0. The smallest absolute Gasteiger partial charge is 0.333 e. The molecule has 5 heteroatoms. The van der Waals surface area contributed by atoms with Gasteiger partial charge >= 0.3 is 5.97 Å². The Balaban J connectivity index is 2.26. The number of allylic oxidation sites excluding steroid dienone is 3. The van der Waals surface area contributed by atoms with E-state index < -0.39 is 17.3 Å². The standard InChI is InChI=1S/C27H33N3O2/c1-2-32-26(31)27(19-29)24(20-14-10-9-11-15-20)22-17-13-8-6-4-3-5-7-12-16-21(22)23(18-28)25(27)30/h9-11,14-15,24H,2-8,12-13,16-17,30H2,1H3/t24-,27-/m0/s1. The number of nitrogens with two attached hydrogens (primary N) is 1. The van der Waals surface area contributed by atoms with Crippen LogP contribution in [0.3, 0.4) is 0 Å². The van der Waals surface area contributed by atoms with Gasteiger partial charge in [-0.05, 0) is 43.7 Å². The molecule has 0 spiro atoms. The Morgan fingerprint density at radius 3 is 2.19 bits per heavy atom. The van der Waals surface area contributed by atoms with E-state index in [2.05, 4.69) is 12.1 Å². The van der Waals surface area contributed by atoms with E-state index in [9.17, 15) is 15.3 Å². The van der Waals surface area contributed by atoms with Crippen molar-refractivity contribution in [2.75, 3.05) is 6.61 Å². The second kappa shape index (κ2) is 11.0. The first kappa shape index (κ1) is 23.6. The number of carbonyl (C=O) groups excluding carboxylic acids is 1. The van der Waals surface area contributed by atoms with Crippen molar-refractivity contribution in [2.45, 2.75) is 77.0 Å². The van der Waals surface area contributed by atoms with Crippen LogP contribution in [0.25, 0.3) is 0 Å². The van der Waals surface area contributed by atoms with Gasteiger partial charge in [-0.25, -0.2) is 4.79 Å². The molecule has 2 aliphatic rings. The normalized spacial score (nSPS) is 24.9. The molecule has 32 heavy (non-hydrogen) atoms. The Morgan fingerprint density at radius 1 is 1.03 bits per heavy atom. The highest BCUT2D eigenvalue weighted by atomic mass is 16.5. The van der Waals surface area contributed by atoms with Crippen LogP contribution >= 0.6 is 0 Å². The number of hydrogen-bond donors (Lipinski definition) is 1. The van der Waals surface area contributed by atoms with Gasteiger partial charge in [-0.2, -0.15) is 10.5 Å². The number of hydrogen-bond acceptors (Lipinski definition) is 5. The Hall–Kier alpha value is -3.05. The van der Waals surface area contributed by atoms with E-state index in [0.29, 0.717) is 5.57 Å². The minimum absolute atomic E-state index is 0.0423. The molecule has 0 bridgehead atoms. The first-order valence-corrected chi connectivity index (χ1v) is 11.9. The fourth-order valence-electron chi connectivity index (χ4n) is 5.24. The largest absolute Gasteiger partial charge is 0.464 e. The Bertz CT molecular complexity index is 965. The molecule has 0 unspecified atom stereocenters. The van der Waals surface area contributed by atoms with E-state index in [0.717, 1.165) is 55.2 Å². The van der Waals surface area contributed by atoms with Gasteiger partial charge in [0.25, 0.3) is 0 Å². The van der Waals surface area contributed by atoms with Crippen LogP contribution in [0.2, 0.25) is 0 Å². The molecule has 2 aliphatic carbocycles. The highest BCUT2D eigenvalue weighted by Crippen LogP contribution is 2.54. The molecule has 0 fully saturated rings. The molecule has 0 radical (unpaired) electrons. The summed E-state index contributed by atoms with van der Waals surface area (Å²) in [5, 5.41) is 20.6. The minimum atomic E-state index is -1.74. The van der Waals surface area contributed by atoms with Gasteiger partial charge in [0, 0.05) is 5.92 Å². The lowest BCUT2D eigenvalue weighted by atomic mass is 9.60. The topological polar surface area (TPSA) is 99.9 Å². The summed E-state index contributed by atoms with van der Waals surface area (Å²) >= 11 is 0. The molecule has 168 valence electrons. The molecule has 1 aromatic rings. The number of carbonyl (C=O) groups is 1. The molecular weight excluding hydrogens is 398 g/mol. The van der Waals surface area contributed by atoms with Crippen molar-refractivity contribution >= 4 is 5.97 Å². The van der Waals surface area contributed by atoms with Crippen LogP contribution in [-0.4, -0.2) is 12.6 Å². The summed E-state index contributed by atoms with van der Waals surface area (Å²) in [6, 6.07) is 14.1. The summed E-state index contributed by atoms with van der Waals surface area (Å²) in [6.45, 7) is 1.86. The third-order valence-electron chi connectivity index (χ3n) is 6.81. The SMILES string of the molecule is CCOC(=O)[C@]1(C#N)C(N)=C(C#N)C2=C(CCCCCCCCCC2)[C@@H]1c1ccccc1. The molecule has 0 aliphatic heterocycles. The van der Waals surface area contributed by atoms with Crippen LogP contribution < -0.4 is 5.73 Å². The molecule has 1 aromatic carbocycles. The molecule has 0 saturated carbocycles. The van der Waals surface area contributed by atoms with E-state index in [-0.39, 0.29) is 12.3 Å². The first-order valence-electron chi connectivity index (χ1n) is 11.9. The van der Waals surface area contributed by atoms with Crippen LogP contribution in [-0.2, 0) is 9.53 Å². The van der Waals surface area contributed by atoms with E-state index >= 15 is 0 Å². The Kier molecular flexibility index (Phi) is 8.12. The number of rotatable bonds is 3. The fraction of sp³-hybridized carbons (Fsp3) is 0.519. The summed E-state index contributed by atoms with van der Waals surface area (Å²) in [5.74, 6) is -1.22. The average Bonchev–Trinajstić information content (AvgIpc) is 2.80. The van der Waals surface area contributed by atoms with Crippen LogP contribution in [0.5, 0.6) is 0 Å². The van der Waals surface area contributed by atoms with Gasteiger partial charge in [0.1, 0.15) is 6.07 Å². The highest BCUT2D eigenvalue weighted by Gasteiger charge is 2.56. The van der Waals surface area contributed by atoms with Gasteiger partial charge in [-0.15, -0.1) is 0 Å². The van der Waals surface area contributed by atoms with Crippen LogP contribution in [0.15, 0.2) is 52.7 Å². The number of benzene rings is 1. The summed E-state index contributed by atoms with van der Waals surface area (Å²) in [4.78, 5) is 13.4. The van der Waals surface area contributed by atoms with Crippen molar-refractivity contribution < 1.29 is 9.53 Å². The zero-order valence-electron chi connectivity index (χ0n) is 19.0. The van der Waals surface area contributed by atoms with Gasteiger partial charge < -0.3 is 10.5 Å². The first-order chi connectivity index (χ1) is 15.6. The summed E-state index contributed by atoms with van der Waals surface area (Å²) in [5.41, 5.74) is 7.98. The minimum Gasteiger partial charge on any atom is -0.464 e. The lowest BCUT2D eigenvalue weighted by molar-refractivity contribution is -0.151. The Morgan fingerprint density at radius 2 is 1.62 bits per heavy atom. The molecular formula is C27H33N3O2. The number of esters is 1. The quantitative estimate of drug-likeness (QED) is 0.609. The van der Waals surface area contributed by atoms with E-state index in [1.54, 1.807) is 6.92 Å². The van der Waals surface area contributed by atoms with E-state index in [4.69, 9.17) is 10.5 Å². The zero-order valence-corrected chi connectivity index (χ0v) is 19.0. The molecule has 2 N–H and O–H groups in total. The van der Waals surface area contributed by atoms with Gasteiger partial charge in [0.05, 0.1) is 23.9 Å².